The maximum Gasteiger partial charge on any atom is 0.243 e. The van der Waals surface area contributed by atoms with Crippen molar-refractivity contribution < 1.29 is 8.42 Å². The van der Waals surface area contributed by atoms with Crippen LogP contribution < -0.4 is 4.72 Å². The van der Waals surface area contributed by atoms with Crippen molar-refractivity contribution in [2.75, 3.05) is 0 Å². The van der Waals surface area contributed by atoms with Crippen LogP contribution in [0.4, 0.5) is 0 Å². The van der Waals surface area contributed by atoms with Crippen LogP contribution in [0.1, 0.15) is 5.56 Å². The Bertz CT molecular complexity index is 1150. The van der Waals surface area contributed by atoms with Crippen LogP contribution in [0, 0.1) is 0 Å². The monoisotopic (exact) mass is 381 g/mol. The molecule has 130 valence electrons. The average molecular weight is 381 g/mol. The second-order valence-electron chi connectivity index (χ2n) is 5.64. The molecule has 0 amide bonds. The number of sulfonamides is 1. The van der Waals surface area contributed by atoms with Crippen LogP contribution >= 0.6 is 11.3 Å². The molecule has 0 aliphatic heterocycles. The van der Waals surface area contributed by atoms with E-state index in [0.29, 0.717) is 5.52 Å². The molecule has 0 radical (unpaired) electrons. The number of nitrogens with zero attached hydrogens (tertiary/aromatic N) is 2. The lowest BCUT2D eigenvalue weighted by Crippen LogP contribution is -2.24. The van der Waals surface area contributed by atoms with E-state index in [1.807, 2.05) is 35.7 Å². The lowest BCUT2D eigenvalue weighted by molar-refractivity contribution is 0.582. The third kappa shape index (κ3) is 3.24. The number of rotatable bonds is 5. The van der Waals surface area contributed by atoms with Gasteiger partial charge in [0.1, 0.15) is 4.90 Å². The first-order valence-electron chi connectivity index (χ1n) is 7.96. The number of pyridine rings is 2. The Balaban J connectivity index is 1.66. The van der Waals surface area contributed by atoms with E-state index in [-0.39, 0.29) is 11.4 Å². The van der Waals surface area contributed by atoms with Gasteiger partial charge in [0, 0.05) is 24.3 Å². The molecular weight excluding hydrogens is 366 g/mol. The summed E-state index contributed by atoms with van der Waals surface area (Å²) in [6, 6.07) is 16.4. The van der Waals surface area contributed by atoms with Gasteiger partial charge in [-0.3, -0.25) is 9.97 Å². The van der Waals surface area contributed by atoms with E-state index in [9.17, 15) is 8.42 Å². The predicted octanol–water partition coefficient (Wildman–Crippen LogP) is 3.84. The van der Waals surface area contributed by atoms with Crippen LogP contribution in [0.25, 0.3) is 21.5 Å². The number of thiophene rings is 1. The smallest absolute Gasteiger partial charge is 0.243 e. The predicted molar refractivity (Wildman–Crippen MR) is 103 cm³/mol. The number of benzene rings is 1. The van der Waals surface area contributed by atoms with Crippen molar-refractivity contribution in [3.63, 3.8) is 0 Å². The SMILES string of the molecule is O=S(=O)(NCc1cccnc1-c1cccs1)c1cccc2cccnc12. The second-order valence-corrected chi connectivity index (χ2v) is 8.33. The molecule has 0 unspecified atom stereocenters. The normalized spacial score (nSPS) is 11.7. The first kappa shape index (κ1) is 16.8. The van der Waals surface area contributed by atoms with Gasteiger partial charge in [0.15, 0.2) is 0 Å². The molecule has 4 rings (SSSR count). The third-order valence-corrected chi connectivity index (χ3v) is 6.29. The van der Waals surface area contributed by atoms with Gasteiger partial charge in [-0.25, -0.2) is 13.1 Å². The molecular formula is C19H15N3O2S2. The van der Waals surface area contributed by atoms with E-state index < -0.39 is 10.0 Å². The molecule has 26 heavy (non-hydrogen) atoms. The summed E-state index contributed by atoms with van der Waals surface area (Å²) in [7, 11) is -3.71. The Hall–Kier alpha value is -2.61. The topological polar surface area (TPSA) is 72.0 Å². The summed E-state index contributed by atoms with van der Waals surface area (Å²) < 4.78 is 28.4. The Morgan fingerprint density at radius 2 is 1.73 bits per heavy atom. The molecule has 0 aliphatic rings. The van der Waals surface area contributed by atoms with E-state index >= 15 is 0 Å². The van der Waals surface area contributed by atoms with Crippen LogP contribution in [0.5, 0.6) is 0 Å². The average Bonchev–Trinajstić information content (AvgIpc) is 3.21. The zero-order chi connectivity index (χ0) is 18.0. The lowest BCUT2D eigenvalue weighted by Gasteiger charge is -2.11. The van der Waals surface area contributed by atoms with Crippen LogP contribution in [0.2, 0.25) is 0 Å². The molecule has 0 spiro atoms. The number of hydrogen-bond acceptors (Lipinski definition) is 5. The Kier molecular flexibility index (Phi) is 4.50. The fourth-order valence-corrected chi connectivity index (χ4v) is 4.70. The summed E-state index contributed by atoms with van der Waals surface area (Å²) in [6.45, 7) is 0.159. The highest BCUT2D eigenvalue weighted by atomic mass is 32.2. The first-order chi connectivity index (χ1) is 12.6. The molecule has 7 heteroatoms. The fraction of sp³-hybridized carbons (Fsp3) is 0.0526. The van der Waals surface area contributed by atoms with Gasteiger partial charge in [-0.05, 0) is 35.2 Å². The largest absolute Gasteiger partial charge is 0.255 e. The zero-order valence-corrected chi connectivity index (χ0v) is 15.3. The highest BCUT2D eigenvalue weighted by Gasteiger charge is 2.19. The van der Waals surface area contributed by atoms with Crippen molar-refractivity contribution in [2.24, 2.45) is 0 Å². The van der Waals surface area contributed by atoms with Crippen molar-refractivity contribution in [3.05, 3.63) is 77.9 Å². The molecule has 4 aromatic rings. The van der Waals surface area contributed by atoms with E-state index in [0.717, 1.165) is 21.5 Å². The van der Waals surface area contributed by atoms with Gasteiger partial charge < -0.3 is 0 Å². The van der Waals surface area contributed by atoms with Crippen LogP contribution in [-0.4, -0.2) is 18.4 Å². The Labute approximate surface area is 155 Å². The standard InChI is InChI=1S/C19H15N3O2S2/c23-26(24,17-9-1-5-14-6-2-11-21-19(14)17)22-13-15-7-3-10-20-18(15)16-8-4-12-25-16/h1-12,22H,13H2. The number of para-hydroxylation sites is 1. The summed E-state index contributed by atoms with van der Waals surface area (Å²) in [5.74, 6) is 0. The molecule has 3 aromatic heterocycles. The van der Waals surface area contributed by atoms with Gasteiger partial charge in [-0.15, -0.1) is 11.3 Å². The van der Waals surface area contributed by atoms with Gasteiger partial charge in [0.05, 0.1) is 16.1 Å². The summed E-state index contributed by atoms with van der Waals surface area (Å²) in [4.78, 5) is 9.82. The maximum absolute atomic E-state index is 12.8. The van der Waals surface area contributed by atoms with Crippen LogP contribution in [-0.2, 0) is 16.6 Å². The maximum atomic E-state index is 12.8. The van der Waals surface area contributed by atoms with Gasteiger partial charge in [0.25, 0.3) is 0 Å². The molecule has 3 heterocycles. The minimum Gasteiger partial charge on any atom is -0.255 e. The Morgan fingerprint density at radius 3 is 2.58 bits per heavy atom. The molecule has 5 nitrogen and oxygen atoms in total. The molecule has 0 aliphatic carbocycles. The van der Waals surface area contributed by atoms with Gasteiger partial charge in [0.2, 0.25) is 10.0 Å². The van der Waals surface area contributed by atoms with Gasteiger partial charge >= 0.3 is 0 Å². The van der Waals surface area contributed by atoms with Crippen molar-refractivity contribution >= 4 is 32.3 Å². The summed E-state index contributed by atoms with van der Waals surface area (Å²) in [5, 5.41) is 2.76. The van der Waals surface area contributed by atoms with E-state index in [1.54, 1.807) is 48.0 Å². The fourth-order valence-electron chi connectivity index (χ4n) is 2.76. The highest BCUT2D eigenvalue weighted by Crippen LogP contribution is 2.26. The first-order valence-corrected chi connectivity index (χ1v) is 10.3. The second kappa shape index (κ2) is 6.95. The van der Waals surface area contributed by atoms with Crippen molar-refractivity contribution in [1.82, 2.24) is 14.7 Å². The number of hydrogen-bond donors (Lipinski definition) is 1. The molecule has 0 saturated carbocycles. The highest BCUT2D eigenvalue weighted by molar-refractivity contribution is 7.89. The molecule has 0 bridgehead atoms. The zero-order valence-electron chi connectivity index (χ0n) is 13.7. The van der Waals surface area contributed by atoms with Crippen LogP contribution in [0.3, 0.4) is 0 Å². The minimum atomic E-state index is -3.71. The number of nitrogens with one attached hydrogen (secondary N) is 1. The molecule has 0 saturated heterocycles. The lowest BCUT2D eigenvalue weighted by atomic mass is 10.2. The summed E-state index contributed by atoms with van der Waals surface area (Å²) >= 11 is 1.57. The molecule has 1 N–H and O–H groups in total. The van der Waals surface area contributed by atoms with Crippen molar-refractivity contribution in [3.8, 4) is 10.6 Å². The van der Waals surface area contributed by atoms with Crippen molar-refractivity contribution in [2.45, 2.75) is 11.4 Å². The molecule has 1 aromatic carbocycles. The van der Waals surface area contributed by atoms with E-state index in [2.05, 4.69) is 14.7 Å². The quantitative estimate of drug-likeness (QED) is 0.570. The third-order valence-electron chi connectivity index (χ3n) is 3.98. The summed E-state index contributed by atoms with van der Waals surface area (Å²) in [5.41, 5.74) is 2.08. The number of aromatic nitrogens is 2. The van der Waals surface area contributed by atoms with Crippen molar-refractivity contribution in [1.29, 1.82) is 0 Å². The molecule has 0 atom stereocenters. The van der Waals surface area contributed by atoms with Gasteiger partial charge in [-0.1, -0.05) is 30.3 Å². The molecule has 0 fully saturated rings. The summed E-state index contributed by atoms with van der Waals surface area (Å²) in [6.07, 6.45) is 3.30. The van der Waals surface area contributed by atoms with Gasteiger partial charge in [-0.2, -0.15) is 0 Å². The Morgan fingerprint density at radius 1 is 0.923 bits per heavy atom. The minimum absolute atomic E-state index is 0.159. The van der Waals surface area contributed by atoms with E-state index in [4.69, 9.17) is 0 Å². The number of fused-ring (bicyclic) bond motifs is 1. The van der Waals surface area contributed by atoms with E-state index in [1.165, 1.54) is 0 Å². The van der Waals surface area contributed by atoms with Crippen LogP contribution in [0.15, 0.2) is 77.3 Å².